The van der Waals surface area contributed by atoms with E-state index < -0.39 is 17.7 Å². The molecule has 1 aliphatic heterocycles. The number of carbonyl (C=O) groups is 2. The second-order valence-corrected chi connectivity index (χ2v) is 6.94. The summed E-state index contributed by atoms with van der Waals surface area (Å²) >= 11 is 1.15. The Bertz CT molecular complexity index is 558. The summed E-state index contributed by atoms with van der Waals surface area (Å²) in [6.07, 6.45) is -0.436. The average molecular weight is 313 g/mol. The van der Waals surface area contributed by atoms with Gasteiger partial charge in [0.15, 0.2) is 5.13 Å². The molecule has 0 bridgehead atoms. The zero-order valence-corrected chi connectivity index (χ0v) is 13.3. The summed E-state index contributed by atoms with van der Waals surface area (Å²) in [7, 11) is 0. The minimum absolute atomic E-state index is 0.00247. The van der Waals surface area contributed by atoms with E-state index in [9.17, 15) is 9.59 Å². The second-order valence-electron chi connectivity index (χ2n) is 5.96. The number of aromatic nitrogens is 1. The van der Waals surface area contributed by atoms with Gasteiger partial charge in [0.25, 0.3) is 0 Å². The van der Waals surface area contributed by atoms with Crippen LogP contribution in [0.25, 0.3) is 0 Å². The lowest BCUT2D eigenvalue weighted by Crippen LogP contribution is -2.60. The van der Waals surface area contributed by atoms with Gasteiger partial charge in [0.2, 0.25) is 0 Å². The lowest BCUT2D eigenvalue weighted by molar-refractivity contribution is 0.0495. The van der Waals surface area contributed by atoms with Crippen LogP contribution in [-0.2, 0) is 4.74 Å². The van der Waals surface area contributed by atoms with E-state index in [0.717, 1.165) is 11.3 Å². The normalized spacial score (nSPS) is 15.5. The summed E-state index contributed by atoms with van der Waals surface area (Å²) in [5.74, 6) is -0.958. The molecule has 1 aliphatic rings. The standard InChI is InChI=1S/C13H19N3O4S/c1-7-9(10(17)18)21-11(14-7)16-5-8(6-16)15-12(19)20-13(2,3)4/h8H,5-6H2,1-4H3,(H,15,19)(H,17,18). The summed E-state index contributed by atoms with van der Waals surface area (Å²) in [6.45, 7) is 8.32. The van der Waals surface area contributed by atoms with Gasteiger partial charge in [-0.25, -0.2) is 14.6 Å². The van der Waals surface area contributed by atoms with Crippen molar-refractivity contribution in [3.63, 3.8) is 0 Å². The first-order chi connectivity index (χ1) is 9.65. The van der Waals surface area contributed by atoms with Crippen LogP contribution in [0.4, 0.5) is 9.93 Å². The van der Waals surface area contributed by atoms with Crippen LogP contribution >= 0.6 is 11.3 Å². The summed E-state index contributed by atoms with van der Waals surface area (Å²) in [4.78, 5) is 29.0. The van der Waals surface area contributed by atoms with E-state index >= 15 is 0 Å². The second kappa shape index (κ2) is 5.51. The van der Waals surface area contributed by atoms with E-state index in [1.54, 1.807) is 6.92 Å². The molecule has 2 heterocycles. The molecular formula is C13H19N3O4S. The van der Waals surface area contributed by atoms with Crippen LogP contribution in [0.15, 0.2) is 0 Å². The Morgan fingerprint density at radius 2 is 2.05 bits per heavy atom. The van der Waals surface area contributed by atoms with Gasteiger partial charge >= 0.3 is 12.1 Å². The number of aryl methyl sites for hydroxylation is 1. The number of carbonyl (C=O) groups excluding carboxylic acids is 1. The fourth-order valence-corrected chi connectivity index (χ4v) is 2.84. The maximum absolute atomic E-state index is 11.6. The molecule has 7 nitrogen and oxygen atoms in total. The molecule has 0 unspecified atom stereocenters. The minimum atomic E-state index is -0.958. The van der Waals surface area contributed by atoms with Gasteiger partial charge in [0.1, 0.15) is 10.5 Å². The number of thiazole rings is 1. The highest BCUT2D eigenvalue weighted by Crippen LogP contribution is 2.29. The van der Waals surface area contributed by atoms with Crippen molar-refractivity contribution < 1.29 is 19.4 Å². The van der Waals surface area contributed by atoms with E-state index in [4.69, 9.17) is 9.84 Å². The third kappa shape index (κ3) is 3.84. The van der Waals surface area contributed by atoms with Crippen molar-refractivity contribution in [2.75, 3.05) is 18.0 Å². The molecule has 0 aromatic carbocycles. The van der Waals surface area contributed by atoms with E-state index in [1.807, 2.05) is 25.7 Å². The van der Waals surface area contributed by atoms with Crippen LogP contribution < -0.4 is 10.2 Å². The Balaban J connectivity index is 1.85. The van der Waals surface area contributed by atoms with E-state index in [1.165, 1.54) is 0 Å². The maximum Gasteiger partial charge on any atom is 0.407 e. The summed E-state index contributed by atoms with van der Waals surface area (Å²) in [6, 6.07) is -0.00247. The molecule has 2 rings (SSSR count). The molecule has 8 heteroatoms. The van der Waals surface area contributed by atoms with Gasteiger partial charge in [-0.15, -0.1) is 0 Å². The summed E-state index contributed by atoms with van der Waals surface area (Å²) in [5, 5.41) is 12.5. The zero-order valence-electron chi connectivity index (χ0n) is 12.5. The lowest BCUT2D eigenvalue weighted by atomic mass is 10.1. The van der Waals surface area contributed by atoms with Crippen LogP contribution in [0.5, 0.6) is 0 Å². The molecule has 0 saturated carbocycles. The number of aromatic carboxylic acids is 1. The average Bonchev–Trinajstić information content (AvgIpc) is 2.62. The fraction of sp³-hybridized carbons (Fsp3) is 0.615. The highest BCUT2D eigenvalue weighted by Gasteiger charge is 2.32. The first-order valence-electron chi connectivity index (χ1n) is 6.61. The number of carboxylic acid groups (broad SMARTS) is 1. The Hall–Kier alpha value is -1.83. The Kier molecular flexibility index (Phi) is 4.08. The van der Waals surface area contributed by atoms with Gasteiger partial charge in [-0.2, -0.15) is 0 Å². The van der Waals surface area contributed by atoms with Crippen LogP contribution in [0.2, 0.25) is 0 Å². The fourth-order valence-electron chi connectivity index (χ4n) is 1.92. The number of rotatable bonds is 3. The van der Waals surface area contributed by atoms with E-state index in [2.05, 4.69) is 10.3 Å². The molecule has 1 amide bonds. The van der Waals surface area contributed by atoms with Crippen molar-refractivity contribution in [3.8, 4) is 0 Å². The molecule has 21 heavy (non-hydrogen) atoms. The van der Waals surface area contributed by atoms with Gasteiger partial charge in [0.05, 0.1) is 11.7 Å². The number of anilines is 1. The predicted octanol–water partition coefficient (Wildman–Crippen LogP) is 1.86. The van der Waals surface area contributed by atoms with E-state index in [-0.39, 0.29) is 10.9 Å². The molecule has 2 N–H and O–H groups in total. The summed E-state index contributed by atoms with van der Waals surface area (Å²) < 4.78 is 5.18. The maximum atomic E-state index is 11.6. The number of ether oxygens (including phenoxy) is 1. The number of nitrogens with zero attached hydrogens (tertiary/aromatic N) is 2. The molecule has 116 valence electrons. The number of carboxylic acids is 1. The SMILES string of the molecule is Cc1nc(N2CC(NC(=O)OC(C)(C)C)C2)sc1C(=O)O. The van der Waals surface area contributed by atoms with Gasteiger partial charge < -0.3 is 20.1 Å². The molecule has 1 aromatic rings. The van der Waals surface area contributed by atoms with Crippen LogP contribution in [-0.4, -0.2) is 46.9 Å². The number of alkyl carbamates (subject to hydrolysis) is 1. The molecule has 0 radical (unpaired) electrons. The highest BCUT2D eigenvalue weighted by atomic mass is 32.1. The largest absolute Gasteiger partial charge is 0.477 e. The van der Waals surface area contributed by atoms with E-state index in [0.29, 0.717) is 23.9 Å². The number of amides is 1. The highest BCUT2D eigenvalue weighted by molar-refractivity contribution is 7.17. The molecule has 1 aromatic heterocycles. The smallest absolute Gasteiger partial charge is 0.407 e. The van der Waals surface area contributed by atoms with Crippen molar-refractivity contribution in [1.82, 2.24) is 10.3 Å². The zero-order chi connectivity index (χ0) is 15.8. The number of hydrogen-bond donors (Lipinski definition) is 2. The van der Waals surface area contributed by atoms with Crippen molar-refractivity contribution >= 4 is 28.5 Å². The van der Waals surface area contributed by atoms with Gasteiger partial charge in [-0.1, -0.05) is 11.3 Å². The van der Waals surface area contributed by atoms with Gasteiger partial charge in [-0.05, 0) is 27.7 Å². The monoisotopic (exact) mass is 313 g/mol. The van der Waals surface area contributed by atoms with Crippen molar-refractivity contribution in [1.29, 1.82) is 0 Å². The van der Waals surface area contributed by atoms with Crippen molar-refractivity contribution in [2.45, 2.75) is 39.3 Å². The van der Waals surface area contributed by atoms with Crippen LogP contribution in [0.1, 0.15) is 36.1 Å². The first-order valence-corrected chi connectivity index (χ1v) is 7.42. The lowest BCUT2D eigenvalue weighted by Gasteiger charge is -2.39. The Morgan fingerprint density at radius 1 is 1.43 bits per heavy atom. The predicted molar refractivity (Wildman–Crippen MR) is 79.2 cm³/mol. The third-order valence-corrected chi connectivity index (χ3v) is 4.06. The first kappa shape index (κ1) is 15.6. The number of nitrogens with one attached hydrogen (secondary N) is 1. The van der Waals surface area contributed by atoms with Crippen LogP contribution in [0, 0.1) is 6.92 Å². The Labute approximate surface area is 126 Å². The minimum Gasteiger partial charge on any atom is -0.477 e. The molecule has 0 spiro atoms. The van der Waals surface area contributed by atoms with Crippen molar-refractivity contribution in [2.24, 2.45) is 0 Å². The number of hydrogen-bond acceptors (Lipinski definition) is 6. The van der Waals surface area contributed by atoms with Crippen LogP contribution in [0.3, 0.4) is 0 Å². The molecule has 0 atom stereocenters. The van der Waals surface area contributed by atoms with Gasteiger partial charge in [0, 0.05) is 13.1 Å². The molecule has 1 saturated heterocycles. The van der Waals surface area contributed by atoms with Crippen molar-refractivity contribution in [3.05, 3.63) is 10.6 Å². The third-order valence-electron chi connectivity index (χ3n) is 2.85. The molecule has 0 aliphatic carbocycles. The summed E-state index contributed by atoms with van der Waals surface area (Å²) in [5.41, 5.74) is 0.00196. The quantitative estimate of drug-likeness (QED) is 0.885. The van der Waals surface area contributed by atoms with Gasteiger partial charge in [-0.3, -0.25) is 0 Å². The molecular weight excluding hydrogens is 294 g/mol. The Morgan fingerprint density at radius 3 is 2.52 bits per heavy atom. The topological polar surface area (TPSA) is 91.8 Å². The molecule has 1 fully saturated rings.